The molecule has 166 valence electrons. The second kappa shape index (κ2) is 8.43. The van der Waals surface area contributed by atoms with E-state index in [9.17, 15) is 14.3 Å². The van der Waals surface area contributed by atoms with Crippen LogP contribution in [-0.2, 0) is 6.42 Å². The first-order chi connectivity index (χ1) is 16.1. The number of benzene rings is 3. The predicted molar refractivity (Wildman–Crippen MR) is 122 cm³/mol. The molecule has 3 aromatic carbocycles. The minimum absolute atomic E-state index is 0.0446. The molecule has 1 aliphatic heterocycles. The van der Waals surface area contributed by atoms with E-state index in [4.69, 9.17) is 4.74 Å². The topological polar surface area (TPSA) is 78.5 Å². The minimum atomic E-state index is -0.666. The average Bonchev–Trinajstić information content (AvgIpc) is 3.38. The molecule has 0 spiro atoms. The highest BCUT2D eigenvalue weighted by atomic mass is 19.1. The van der Waals surface area contributed by atoms with Gasteiger partial charge < -0.3 is 14.7 Å². The summed E-state index contributed by atoms with van der Waals surface area (Å²) in [4.78, 5) is 15.1. The van der Waals surface area contributed by atoms with E-state index >= 15 is 0 Å². The van der Waals surface area contributed by atoms with Gasteiger partial charge in [0.2, 0.25) is 0 Å². The van der Waals surface area contributed by atoms with Crippen molar-refractivity contribution in [3.8, 4) is 22.8 Å². The third kappa shape index (κ3) is 3.61. The molecular weight excluding hydrogens is 421 g/mol. The number of nitrogens with zero attached hydrogens (tertiary/aromatic N) is 2. The van der Waals surface area contributed by atoms with E-state index in [1.54, 1.807) is 54.5 Å². The molecule has 1 aliphatic rings. The highest BCUT2D eigenvalue weighted by Gasteiger charge is 2.43. The molecule has 2 heterocycles. The van der Waals surface area contributed by atoms with Crippen molar-refractivity contribution >= 4 is 5.91 Å². The first-order valence-corrected chi connectivity index (χ1v) is 10.6. The Balaban J connectivity index is 1.56. The van der Waals surface area contributed by atoms with Gasteiger partial charge in [0, 0.05) is 23.2 Å². The first kappa shape index (κ1) is 20.8. The number of rotatable bonds is 6. The summed E-state index contributed by atoms with van der Waals surface area (Å²) in [5.74, 6) is 0.153. The van der Waals surface area contributed by atoms with Crippen LogP contribution in [0.1, 0.15) is 33.2 Å². The van der Waals surface area contributed by atoms with Crippen molar-refractivity contribution in [2.45, 2.75) is 12.5 Å². The van der Waals surface area contributed by atoms with E-state index in [0.29, 0.717) is 41.0 Å². The van der Waals surface area contributed by atoms with Gasteiger partial charge in [-0.25, -0.2) is 4.39 Å². The largest absolute Gasteiger partial charge is 0.507 e. The lowest BCUT2D eigenvalue weighted by atomic mass is 9.95. The molecule has 7 heteroatoms. The Morgan fingerprint density at radius 2 is 1.79 bits per heavy atom. The van der Waals surface area contributed by atoms with Crippen molar-refractivity contribution in [2.75, 3.05) is 13.7 Å². The summed E-state index contributed by atoms with van der Waals surface area (Å²) < 4.78 is 20.2. The predicted octanol–water partition coefficient (Wildman–Crippen LogP) is 4.72. The molecule has 4 aromatic rings. The maximum Gasteiger partial charge on any atom is 0.273 e. The fourth-order valence-electron chi connectivity index (χ4n) is 4.37. The number of fused-ring (bicyclic) bond motifs is 1. The molecule has 0 aliphatic carbocycles. The molecule has 33 heavy (non-hydrogen) atoms. The van der Waals surface area contributed by atoms with E-state index in [1.807, 2.05) is 24.3 Å². The van der Waals surface area contributed by atoms with Gasteiger partial charge in [-0.05, 0) is 42.3 Å². The number of aromatic amines is 1. The van der Waals surface area contributed by atoms with Crippen LogP contribution in [0.3, 0.4) is 0 Å². The SMILES string of the molecule is COc1ccc(CCN2C(=O)c3[nH]nc(-c4ccccc4O)c3[C@@H]2c2ccccc2F)cc1. The molecule has 1 atom stereocenters. The number of halogens is 1. The zero-order valence-corrected chi connectivity index (χ0v) is 18.0. The summed E-state index contributed by atoms with van der Waals surface area (Å²) in [5.41, 5.74) is 3.23. The van der Waals surface area contributed by atoms with E-state index in [2.05, 4.69) is 10.2 Å². The van der Waals surface area contributed by atoms with Gasteiger partial charge >= 0.3 is 0 Å². The van der Waals surface area contributed by atoms with Crippen molar-refractivity contribution in [1.29, 1.82) is 0 Å². The van der Waals surface area contributed by atoms with Gasteiger partial charge in [0.05, 0.1) is 13.2 Å². The Labute approximate surface area is 190 Å². The fourth-order valence-corrected chi connectivity index (χ4v) is 4.37. The molecule has 1 aromatic heterocycles. The minimum Gasteiger partial charge on any atom is -0.507 e. The third-order valence-electron chi connectivity index (χ3n) is 6.02. The monoisotopic (exact) mass is 443 g/mol. The molecular formula is C26H22FN3O3. The van der Waals surface area contributed by atoms with Crippen LogP contribution in [0.4, 0.5) is 4.39 Å². The molecule has 1 amide bonds. The van der Waals surface area contributed by atoms with Crippen LogP contribution in [0.5, 0.6) is 11.5 Å². The average molecular weight is 443 g/mol. The fraction of sp³-hybridized carbons (Fsp3) is 0.154. The van der Waals surface area contributed by atoms with Crippen molar-refractivity contribution in [1.82, 2.24) is 15.1 Å². The smallest absolute Gasteiger partial charge is 0.273 e. The number of H-pyrrole nitrogens is 1. The number of nitrogens with one attached hydrogen (secondary N) is 1. The van der Waals surface area contributed by atoms with Crippen LogP contribution in [0.15, 0.2) is 72.8 Å². The molecule has 2 N–H and O–H groups in total. The number of hydrogen-bond donors (Lipinski definition) is 2. The summed E-state index contributed by atoms with van der Waals surface area (Å²) in [6.45, 7) is 0.382. The highest BCUT2D eigenvalue weighted by Crippen LogP contribution is 2.44. The summed E-state index contributed by atoms with van der Waals surface area (Å²) >= 11 is 0. The Bertz CT molecular complexity index is 1320. The second-order valence-electron chi connectivity index (χ2n) is 7.90. The summed E-state index contributed by atoms with van der Waals surface area (Å²) in [6, 6.07) is 20.2. The van der Waals surface area contributed by atoms with Gasteiger partial charge in [0.15, 0.2) is 0 Å². The number of carbonyl (C=O) groups is 1. The number of phenols is 1. The Hall–Kier alpha value is -4.13. The number of para-hydroxylation sites is 1. The molecule has 0 fully saturated rings. The van der Waals surface area contributed by atoms with Gasteiger partial charge in [-0.2, -0.15) is 5.10 Å². The zero-order chi connectivity index (χ0) is 22.9. The molecule has 0 bridgehead atoms. The zero-order valence-electron chi connectivity index (χ0n) is 18.0. The molecule has 6 nitrogen and oxygen atoms in total. The third-order valence-corrected chi connectivity index (χ3v) is 6.02. The number of hydrogen-bond acceptors (Lipinski definition) is 4. The van der Waals surface area contributed by atoms with E-state index in [1.165, 1.54) is 6.07 Å². The summed E-state index contributed by atoms with van der Waals surface area (Å²) in [5, 5.41) is 17.6. The standard InChI is InChI=1S/C26H22FN3O3/c1-33-17-12-10-16(11-13-17)14-15-30-25(18-6-2-4-8-20(18)27)22-23(28-29-24(22)26(30)32)19-7-3-5-9-21(19)31/h2-13,25,31H,14-15H2,1H3,(H,28,29)/t25-/m0/s1. The number of aromatic nitrogens is 2. The van der Waals surface area contributed by atoms with Gasteiger partial charge in [0.1, 0.15) is 28.7 Å². The Morgan fingerprint density at radius 1 is 1.06 bits per heavy atom. The highest BCUT2D eigenvalue weighted by molar-refractivity contribution is 6.00. The van der Waals surface area contributed by atoms with E-state index in [0.717, 1.165) is 11.3 Å². The number of aromatic hydroxyl groups is 1. The maximum absolute atomic E-state index is 15.0. The first-order valence-electron chi connectivity index (χ1n) is 10.6. The van der Waals surface area contributed by atoms with Gasteiger partial charge in [-0.3, -0.25) is 9.89 Å². The van der Waals surface area contributed by atoms with Gasteiger partial charge in [0.25, 0.3) is 5.91 Å². The van der Waals surface area contributed by atoms with E-state index in [-0.39, 0.29) is 11.7 Å². The maximum atomic E-state index is 15.0. The van der Waals surface area contributed by atoms with Crippen molar-refractivity contribution in [2.24, 2.45) is 0 Å². The quantitative estimate of drug-likeness (QED) is 0.452. The van der Waals surface area contributed by atoms with Crippen LogP contribution in [0, 0.1) is 5.82 Å². The van der Waals surface area contributed by atoms with Gasteiger partial charge in [-0.1, -0.05) is 42.5 Å². The van der Waals surface area contributed by atoms with Crippen LogP contribution in [0.25, 0.3) is 11.3 Å². The lowest BCUT2D eigenvalue weighted by Gasteiger charge is -2.27. The molecule has 0 saturated carbocycles. The Kier molecular flexibility index (Phi) is 5.30. The van der Waals surface area contributed by atoms with Crippen LogP contribution in [-0.4, -0.2) is 39.8 Å². The molecule has 0 unspecified atom stereocenters. The van der Waals surface area contributed by atoms with E-state index < -0.39 is 11.9 Å². The Morgan fingerprint density at radius 3 is 2.52 bits per heavy atom. The normalized spacial score (nSPS) is 15.0. The van der Waals surface area contributed by atoms with Crippen LogP contribution >= 0.6 is 0 Å². The van der Waals surface area contributed by atoms with Crippen molar-refractivity contribution < 1.29 is 19.0 Å². The number of methoxy groups -OCH3 is 1. The van der Waals surface area contributed by atoms with Crippen LogP contribution < -0.4 is 4.74 Å². The second-order valence-corrected chi connectivity index (χ2v) is 7.90. The molecule has 5 rings (SSSR count). The number of ether oxygens (including phenoxy) is 1. The van der Waals surface area contributed by atoms with Crippen molar-refractivity contribution in [3.05, 3.63) is 101 Å². The lowest BCUT2D eigenvalue weighted by molar-refractivity contribution is 0.0744. The van der Waals surface area contributed by atoms with Crippen LogP contribution in [0.2, 0.25) is 0 Å². The van der Waals surface area contributed by atoms with Gasteiger partial charge in [-0.15, -0.1) is 0 Å². The molecule has 0 radical (unpaired) electrons. The molecule has 0 saturated heterocycles. The number of carbonyl (C=O) groups excluding carboxylic acids is 1. The summed E-state index contributed by atoms with van der Waals surface area (Å²) in [6.07, 6.45) is 0.588. The lowest BCUT2D eigenvalue weighted by Crippen LogP contribution is -2.32. The number of phenolic OH excluding ortho intramolecular Hbond substituents is 1. The summed E-state index contributed by atoms with van der Waals surface area (Å²) in [7, 11) is 1.61. The van der Waals surface area contributed by atoms with Crippen molar-refractivity contribution in [3.63, 3.8) is 0 Å². The number of amides is 1.